The maximum absolute atomic E-state index is 13.0. The molecule has 0 unspecified atom stereocenters. The number of benzene rings is 1. The van der Waals surface area contributed by atoms with E-state index in [0.29, 0.717) is 4.47 Å². The van der Waals surface area contributed by atoms with E-state index in [9.17, 15) is 14.0 Å². The van der Waals surface area contributed by atoms with Gasteiger partial charge >= 0.3 is 5.97 Å². The van der Waals surface area contributed by atoms with Crippen LogP contribution in [0.4, 0.5) is 4.39 Å². The lowest BCUT2D eigenvalue weighted by Gasteiger charge is -2.20. The molecule has 0 radical (unpaired) electrons. The van der Waals surface area contributed by atoms with Crippen LogP contribution in [0.5, 0.6) is 0 Å². The second-order valence-corrected chi connectivity index (χ2v) is 5.85. The Morgan fingerprint density at radius 3 is 2.48 bits per heavy atom. The second-order valence-electron chi connectivity index (χ2n) is 5.00. The first kappa shape index (κ1) is 15.9. The van der Waals surface area contributed by atoms with Gasteiger partial charge < -0.3 is 9.64 Å². The number of halogens is 2. The van der Waals surface area contributed by atoms with Gasteiger partial charge in [0.05, 0.1) is 5.56 Å². The molecular weight excluding hydrogens is 341 g/mol. The number of hydrogen-bond acceptors (Lipinski definition) is 3. The minimum absolute atomic E-state index is 0.177. The van der Waals surface area contributed by atoms with Gasteiger partial charge in [-0.2, -0.15) is 0 Å². The Morgan fingerprint density at radius 1 is 1.19 bits per heavy atom. The number of esters is 1. The van der Waals surface area contributed by atoms with Crippen LogP contribution in [-0.4, -0.2) is 36.5 Å². The monoisotopic (exact) mass is 357 g/mol. The highest BCUT2D eigenvalue weighted by Gasteiger charge is 2.18. The minimum atomic E-state index is -0.634. The molecule has 6 heteroatoms. The summed E-state index contributed by atoms with van der Waals surface area (Å²) in [6.45, 7) is 1.16. The molecule has 1 heterocycles. The molecule has 2 rings (SSSR count). The molecule has 0 N–H and O–H groups in total. The van der Waals surface area contributed by atoms with E-state index in [-0.39, 0.29) is 18.1 Å². The zero-order chi connectivity index (χ0) is 15.2. The van der Waals surface area contributed by atoms with Crippen LogP contribution in [0.25, 0.3) is 0 Å². The number of nitrogens with zero attached hydrogens (tertiary/aromatic N) is 1. The van der Waals surface area contributed by atoms with Gasteiger partial charge in [-0.15, -0.1) is 0 Å². The van der Waals surface area contributed by atoms with Crippen molar-refractivity contribution < 1.29 is 18.7 Å². The van der Waals surface area contributed by atoms with Crippen molar-refractivity contribution in [2.45, 2.75) is 25.7 Å². The van der Waals surface area contributed by atoms with Crippen LogP contribution in [0.1, 0.15) is 36.0 Å². The second kappa shape index (κ2) is 7.54. The fourth-order valence-electron chi connectivity index (χ4n) is 2.27. The molecule has 1 aliphatic rings. The summed E-state index contributed by atoms with van der Waals surface area (Å²) in [5.74, 6) is -1.26. The molecule has 1 saturated heterocycles. The molecule has 21 heavy (non-hydrogen) atoms. The van der Waals surface area contributed by atoms with Gasteiger partial charge in [0.2, 0.25) is 0 Å². The summed E-state index contributed by atoms with van der Waals surface area (Å²) in [6, 6.07) is 3.70. The van der Waals surface area contributed by atoms with Gasteiger partial charge in [0.1, 0.15) is 5.82 Å². The smallest absolute Gasteiger partial charge is 0.339 e. The lowest BCUT2D eigenvalue weighted by atomic mass is 10.2. The van der Waals surface area contributed by atoms with E-state index in [1.807, 2.05) is 0 Å². The average molecular weight is 358 g/mol. The third kappa shape index (κ3) is 4.52. The first-order valence-corrected chi connectivity index (χ1v) is 7.77. The van der Waals surface area contributed by atoms with E-state index in [1.54, 1.807) is 4.90 Å². The molecule has 0 aromatic heterocycles. The zero-order valence-corrected chi connectivity index (χ0v) is 13.2. The highest BCUT2D eigenvalue weighted by atomic mass is 79.9. The van der Waals surface area contributed by atoms with E-state index in [1.165, 1.54) is 18.2 Å². The number of likely N-dealkylation sites (tertiary alicyclic amines) is 1. The summed E-state index contributed by atoms with van der Waals surface area (Å²) in [5.41, 5.74) is 0.208. The van der Waals surface area contributed by atoms with Crippen LogP contribution < -0.4 is 0 Å². The fourth-order valence-corrected chi connectivity index (χ4v) is 2.78. The standard InChI is InChI=1S/C15H17BrFNO3/c16-13-9-11(17)5-6-12(13)15(20)21-10-14(19)18-7-3-1-2-4-8-18/h5-6,9H,1-4,7-8,10H2. The minimum Gasteiger partial charge on any atom is -0.452 e. The van der Waals surface area contributed by atoms with Gasteiger partial charge in [-0.25, -0.2) is 9.18 Å². The lowest BCUT2D eigenvalue weighted by Crippen LogP contribution is -2.35. The van der Waals surface area contributed by atoms with Crippen LogP contribution in [-0.2, 0) is 9.53 Å². The van der Waals surface area contributed by atoms with Gasteiger partial charge in [0, 0.05) is 17.6 Å². The molecule has 4 nitrogen and oxygen atoms in total. The van der Waals surface area contributed by atoms with E-state index in [2.05, 4.69) is 15.9 Å². The van der Waals surface area contributed by atoms with Gasteiger partial charge in [0.15, 0.2) is 6.61 Å². The van der Waals surface area contributed by atoms with Crippen molar-refractivity contribution in [1.29, 1.82) is 0 Å². The van der Waals surface area contributed by atoms with Crippen LogP contribution in [0.15, 0.2) is 22.7 Å². The Balaban J connectivity index is 1.89. The third-order valence-electron chi connectivity index (χ3n) is 3.44. The van der Waals surface area contributed by atoms with Crippen molar-refractivity contribution in [3.05, 3.63) is 34.1 Å². The number of ether oxygens (including phenoxy) is 1. The molecule has 0 atom stereocenters. The number of amides is 1. The molecular formula is C15H17BrFNO3. The summed E-state index contributed by atoms with van der Waals surface area (Å²) in [7, 11) is 0. The maximum atomic E-state index is 13.0. The highest BCUT2D eigenvalue weighted by molar-refractivity contribution is 9.10. The quantitative estimate of drug-likeness (QED) is 0.780. The summed E-state index contributed by atoms with van der Waals surface area (Å²) in [4.78, 5) is 25.6. The molecule has 1 aromatic carbocycles. The molecule has 0 saturated carbocycles. The van der Waals surface area contributed by atoms with E-state index < -0.39 is 11.8 Å². The Labute approximate surface area is 131 Å². The SMILES string of the molecule is O=C(OCC(=O)N1CCCCCC1)c1ccc(F)cc1Br. The Bertz CT molecular complexity index is 528. The normalized spacial score (nSPS) is 15.4. The topological polar surface area (TPSA) is 46.6 Å². The van der Waals surface area contributed by atoms with E-state index in [0.717, 1.165) is 38.8 Å². The molecule has 1 aromatic rings. The van der Waals surface area contributed by atoms with Crippen LogP contribution in [0, 0.1) is 5.82 Å². The van der Waals surface area contributed by atoms with E-state index >= 15 is 0 Å². The first-order chi connectivity index (χ1) is 10.1. The maximum Gasteiger partial charge on any atom is 0.339 e. The van der Waals surface area contributed by atoms with Gasteiger partial charge in [-0.05, 0) is 47.0 Å². The van der Waals surface area contributed by atoms with Crippen molar-refractivity contribution in [3.8, 4) is 0 Å². The summed E-state index contributed by atoms with van der Waals surface area (Å²) in [5, 5.41) is 0. The lowest BCUT2D eigenvalue weighted by molar-refractivity contribution is -0.134. The Hall–Kier alpha value is -1.43. The zero-order valence-electron chi connectivity index (χ0n) is 11.6. The Morgan fingerprint density at radius 2 is 1.86 bits per heavy atom. The summed E-state index contributed by atoms with van der Waals surface area (Å²) >= 11 is 3.11. The first-order valence-electron chi connectivity index (χ1n) is 6.98. The molecule has 0 spiro atoms. The third-order valence-corrected chi connectivity index (χ3v) is 4.09. The van der Waals surface area contributed by atoms with Crippen LogP contribution in [0.2, 0.25) is 0 Å². The molecule has 114 valence electrons. The molecule has 0 aliphatic carbocycles. The largest absolute Gasteiger partial charge is 0.452 e. The average Bonchev–Trinajstić information content (AvgIpc) is 2.73. The Kier molecular flexibility index (Phi) is 5.73. The van der Waals surface area contributed by atoms with E-state index in [4.69, 9.17) is 4.74 Å². The van der Waals surface area contributed by atoms with Crippen molar-refractivity contribution in [2.24, 2.45) is 0 Å². The van der Waals surface area contributed by atoms with Crippen molar-refractivity contribution in [2.75, 3.05) is 19.7 Å². The molecule has 1 fully saturated rings. The fraction of sp³-hybridized carbons (Fsp3) is 0.467. The van der Waals surface area contributed by atoms with Crippen molar-refractivity contribution >= 4 is 27.8 Å². The number of hydrogen-bond donors (Lipinski definition) is 0. The molecule has 1 amide bonds. The van der Waals surface area contributed by atoms with Gasteiger partial charge in [-0.1, -0.05) is 12.8 Å². The predicted octanol–water partition coefficient (Wildman–Crippen LogP) is 3.15. The van der Waals surface area contributed by atoms with Crippen LogP contribution >= 0.6 is 15.9 Å². The molecule has 0 bridgehead atoms. The van der Waals surface area contributed by atoms with Gasteiger partial charge in [0.25, 0.3) is 5.91 Å². The molecule has 1 aliphatic heterocycles. The summed E-state index contributed by atoms with van der Waals surface area (Å²) < 4.78 is 18.3. The van der Waals surface area contributed by atoms with Gasteiger partial charge in [-0.3, -0.25) is 4.79 Å². The predicted molar refractivity (Wildman–Crippen MR) is 79.4 cm³/mol. The van der Waals surface area contributed by atoms with Crippen molar-refractivity contribution in [1.82, 2.24) is 4.90 Å². The van der Waals surface area contributed by atoms with Crippen molar-refractivity contribution in [3.63, 3.8) is 0 Å². The number of rotatable bonds is 3. The number of carbonyl (C=O) groups excluding carboxylic acids is 2. The van der Waals surface area contributed by atoms with Crippen LogP contribution in [0.3, 0.4) is 0 Å². The summed E-state index contributed by atoms with van der Waals surface area (Å²) in [6.07, 6.45) is 4.24. The number of carbonyl (C=O) groups is 2. The highest BCUT2D eigenvalue weighted by Crippen LogP contribution is 2.19.